The second-order valence-corrected chi connectivity index (χ2v) is 8.72. The number of carbonyl (C=O) groups excluding carboxylic acids is 1. The van der Waals surface area contributed by atoms with E-state index in [1.807, 2.05) is 6.07 Å². The van der Waals surface area contributed by atoms with Gasteiger partial charge in [0.2, 0.25) is 0 Å². The van der Waals surface area contributed by atoms with E-state index in [0.717, 1.165) is 42.5 Å². The Morgan fingerprint density at radius 2 is 2.07 bits per heavy atom. The number of methoxy groups -OCH3 is 2. The number of aromatic amines is 1. The maximum absolute atomic E-state index is 12.6. The zero-order valence-corrected chi connectivity index (χ0v) is 17.8. The molecular formula is C22H30N4O3. The van der Waals surface area contributed by atoms with Crippen LogP contribution in [0.5, 0.6) is 11.5 Å². The second-order valence-electron chi connectivity index (χ2n) is 8.72. The highest BCUT2D eigenvalue weighted by Gasteiger charge is 2.29. The van der Waals surface area contributed by atoms with Crippen LogP contribution in [0.4, 0.5) is 0 Å². The van der Waals surface area contributed by atoms with Crippen molar-refractivity contribution < 1.29 is 14.3 Å². The zero-order chi connectivity index (χ0) is 21.0. The Morgan fingerprint density at radius 3 is 2.76 bits per heavy atom. The summed E-state index contributed by atoms with van der Waals surface area (Å²) < 4.78 is 10.5. The highest BCUT2D eigenvalue weighted by Crippen LogP contribution is 2.34. The number of nitrogens with one attached hydrogen (secondary N) is 2. The van der Waals surface area contributed by atoms with Crippen LogP contribution in [0.1, 0.15) is 60.9 Å². The molecule has 1 amide bonds. The van der Waals surface area contributed by atoms with Crippen molar-refractivity contribution in [3.63, 3.8) is 0 Å². The molecule has 1 aromatic heterocycles. The maximum atomic E-state index is 12.6. The standard InChI is InChI=1S/C22H30N4O3/c1-22(2,3)12-14-6-8-17-16(10-14)20(25-24-17)21(27)26-23-13-15-7-9-18(28-4)19(11-15)29-5/h7,9,11,13-14H,6,8,10,12H2,1-5H3,(H,24,25)(H,26,27). The van der Waals surface area contributed by atoms with Gasteiger partial charge in [0.1, 0.15) is 0 Å². The van der Waals surface area contributed by atoms with Crippen molar-refractivity contribution in [1.82, 2.24) is 15.6 Å². The highest BCUT2D eigenvalue weighted by atomic mass is 16.5. The summed E-state index contributed by atoms with van der Waals surface area (Å²) in [6.07, 6.45) is 5.65. The predicted molar refractivity (Wildman–Crippen MR) is 113 cm³/mol. The molecule has 1 aliphatic carbocycles. The minimum Gasteiger partial charge on any atom is -0.493 e. The van der Waals surface area contributed by atoms with Gasteiger partial charge in [-0.05, 0) is 60.8 Å². The van der Waals surface area contributed by atoms with E-state index < -0.39 is 0 Å². The first-order chi connectivity index (χ1) is 13.8. The first-order valence-corrected chi connectivity index (χ1v) is 9.92. The zero-order valence-electron chi connectivity index (χ0n) is 17.8. The Hall–Kier alpha value is -2.83. The number of carbonyl (C=O) groups is 1. The number of amides is 1. The van der Waals surface area contributed by atoms with E-state index in [2.05, 4.69) is 41.5 Å². The van der Waals surface area contributed by atoms with Crippen LogP contribution in [-0.4, -0.2) is 36.5 Å². The lowest BCUT2D eigenvalue weighted by atomic mass is 9.76. The van der Waals surface area contributed by atoms with E-state index >= 15 is 0 Å². The first kappa shape index (κ1) is 20.9. The summed E-state index contributed by atoms with van der Waals surface area (Å²) in [4.78, 5) is 12.6. The minimum absolute atomic E-state index is 0.276. The molecule has 0 aliphatic heterocycles. The molecule has 1 atom stereocenters. The molecule has 1 heterocycles. The number of ether oxygens (including phenoxy) is 2. The van der Waals surface area contributed by atoms with E-state index in [4.69, 9.17) is 9.47 Å². The van der Waals surface area contributed by atoms with Gasteiger partial charge in [-0.2, -0.15) is 10.2 Å². The summed E-state index contributed by atoms with van der Waals surface area (Å²) >= 11 is 0. The average Bonchev–Trinajstić information content (AvgIpc) is 3.09. The van der Waals surface area contributed by atoms with Crippen LogP contribution in [0.25, 0.3) is 0 Å². The fourth-order valence-electron chi connectivity index (χ4n) is 3.95. The molecule has 1 aromatic carbocycles. The number of hydrogen-bond acceptors (Lipinski definition) is 5. The number of hydrogen-bond donors (Lipinski definition) is 2. The topological polar surface area (TPSA) is 88.6 Å². The lowest BCUT2D eigenvalue weighted by Crippen LogP contribution is -2.24. The molecule has 0 fully saturated rings. The van der Waals surface area contributed by atoms with E-state index in [-0.39, 0.29) is 11.3 Å². The fraction of sp³-hybridized carbons (Fsp3) is 0.500. The van der Waals surface area contributed by atoms with Crippen molar-refractivity contribution in [2.24, 2.45) is 16.4 Å². The summed E-state index contributed by atoms with van der Waals surface area (Å²) in [6, 6.07) is 5.42. The van der Waals surface area contributed by atoms with Gasteiger partial charge in [-0.1, -0.05) is 20.8 Å². The predicted octanol–water partition coefficient (Wildman–Crippen LogP) is 3.73. The maximum Gasteiger partial charge on any atom is 0.292 e. The molecule has 2 aromatic rings. The molecule has 7 nitrogen and oxygen atoms in total. The van der Waals surface area contributed by atoms with Gasteiger partial charge in [-0.25, -0.2) is 5.43 Å². The molecule has 0 radical (unpaired) electrons. The SMILES string of the molecule is COc1ccc(C=NNC(=O)c2n[nH]c3c2CC(CC(C)(C)C)CC3)cc1OC. The van der Waals surface area contributed by atoms with Gasteiger partial charge < -0.3 is 9.47 Å². The molecule has 1 aliphatic rings. The lowest BCUT2D eigenvalue weighted by Gasteiger charge is -2.28. The number of rotatable bonds is 6. The first-order valence-electron chi connectivity index (χ1n) is 9.92. The number of nitrogens with zero attached hydrogens (tertiary/aromatic N) is 2. The number of aromatic nitrogens is 2. The van der Waals surface area contributed by atoms with E-state index in [1.165, 1.54) is 0 Å². The van der Waals surface area contributed by atoms with Crippen LogP contribution in [-0.2, 0) is 12.8 Å². The molecule has 3 rings (SSSR count). The lowest BCUT2D eigenvalue weighted by molar-refractivity contribution is 0.0948. The molecule has 0 saturated heterocycles. The molecule has 2 N–H and O–H groups in total. The van der Waals surface area contributed by atoms with E-state index in [9.17, 15) is 4.79 Å². The monoisotopic (exact) mass is 398 g/mol. The molecule has 0 spiro atoms. The van der Waals surface area contributed by atoms with E-state index in [0.29, 0.717) is 23.1 Å². The van der Waals surface area contributed by atoms with Gasteiger partial charge in [0, 0.05) is 11.3 Å². The molecule has 29 heavy (non-hydrogen) atoms. The number of benzene rings is 1. The highest BCUT2D eigenvalue weighted by molar-refractivity contribution is 5.94. The van der Waals surface area contributed by atoms with Gasteiger partial charge in [0.25, 0.3) is 5.91 Å². The smallest absolute Gasteiger partial charge is 0.292 e. The van der Waals surface area contributed by atoms with Crippen LogP contribution in [0, 0.1) is 11.3 Å². The minimum atomic E-state index is -0.296. The average molecular weight is 399 g/mol. The third-order valence-electron chi connectivity index (χ3n) is 5.15. The summed E-state index contributed by atoms with van der Waals surface area (Å²) in [7, 11) is 3.16. The van der Waals surface area contributed by atoms with Crippen molar-refractivity contribution in [1.29, 1.82) is 0 Å². The van der Waals surface area contributed by atoms with Gasteiger partial charge in [0.05, 0.1) is 20.4 Å². The van der Waals surface area contributed by atoms with Crippen molar-refractivity contribution in [3.8, 4) is 11.5 Å². The van der Waals surface area contributed by atoms with Crippen molar-refractivity contribution >= 4 is 12.1 Å². The Morgan fingerprint density at radius 1 is 1.31 bits per heavy atom. The third-order valence-corrected chi connectivity index (χ3v) is 5.15. The molecule has 156 valence electrons. The van der Waals surface area contributed by atoms with E-state index in [1.54, 1.807) is 32.6 Å². The van der Waals surface area contributed by atoms with Crippen LogP contribution >= 0.6 is 0 Å². The molecule has 1 unspecified atom stereocenters. The van der Waals surface area contributed by atoms with Crippen LogP contribution < -0.4 is 14.9 Å². The number of fused-ring (bicyclic) bond motifs is 1. The van der Waals surface area contributed by atoms with Crippen molar-refractivity contribution in [2.75, 3.05) is 14.2 Å². The van der Waals surface area contributed by atoms with Crippen LogP contribution in [0.15, 0.2) is 23.3 Å². The summed E-state index contributed by atoms with van der Waals surface area (Å²) in [5, 5.41) is 11.4. The Balaban J connectivity index is 1.67. The van der Waals surface area contributed by atoms with Crippen LogP contribution in [0.2, 0.25) is 0 Å². The van der Waals surface area contributed by atoms with Gasteiger partial charge >= 0.3 is 0 Å². The van der Waals surface area contributed by atoms with Gasteiger partial charge in [-0.15, -0.1) is 0 Å². The van der Waals surface area contributed by atoms with Crippen molar-refractivity contribution in [2.45, 2.75) is 46.5 Å². The largest absolute Gasteiger partial charge is 0.493 e. The number of aryl methyl sites for hydroxylation is 1. The summed E-state index contributed by atoms with van der Waals surface area (Å²) in [5.41, 5.74) is 6.21. The second kappa shape index (κ2) is 8.68. The Bertz CT molecular complexity index is 896. The molecule has 0 saturated carbocycles. The summed E-state index contributed by atoms with van der Waals surface area (Å²) in [6.45, 7) is 6.77. The van der Waals surface area contributed by atoms with Crippen molar-refractivity contribution in [3.05, 3.63) is 40.7 Å². The molecule has 0 bridgehead atoms. The summed E-state index contributed by atoms with van der Waals surface area (Å²) in [5.74, 6) is 1.52. The van der Waals surface area contributed by atoms with Gasteiger partial charge in [0.15, 0.2) is 17.2 Å². The number of H-pyrrole nitrogens is 1. The molecular weight excluding hydrogens is 368 g/mol. The Labute approximate surface area is 171 Å². The Kier molecular flexibility index (Phi) is 6.25. The van der Waals surface area contributed by atoms with Gasteiger partial charge in [-0.3, -0.25) is 9.89 Å². The fourth-order valence-corrected chi connectivity index (χ4v) is 3.95. The number of hydrazone groups is 1. The molecule has 7 heteroatoms. The van der Waals surface area contributed by atoms with Crippen LogP contribution in [0.3, 0.4) is 0 Å². The third kappa shape index (κ3) is 5.16. The quantitative estimate of drug-likeness (QED) is 0.573. The normalized spacial score (nSPS) is 16.5.